The summed E-state index contributed by atoms with van der Waals surface area (Å²) in [5.74, 6) is 0.756. The Balaban J connectivity index is 2.24. The number of piperidine rings is 1. The van der Waals surface area contributed by atoms with Gasteiger partial charge in [-0.3, -0.25) is 0 Å². The Morgan fingerprint density at radius 3 is 2.87 bits per heavy atom. The molecule has 2 unspecified atom stereocenters. The molecule has 1 nitrogen and oxygen atoms in total. The van der Waals surface area contributed by atoms with E-state index in [1.165, 1.54) is 6.42 Å². The minimum absolute atomic E-state index is 0.361. The van der Waals surface area contributed by atoms with Gasteiger partial charge in [-0.1, -0.05) is 42.3 Å². The largest absolute Gasteiger partial charge is 0.310 e. The number of hydrogen-bond acceptors (Lipinski definition) is 1. The molecule has 1 fully saturated rings. The second kappa shape index (κ2) is 4.73. The first-order valence-corrected chi connectivity index (χ1v) is 6.11. The SMILES string of the molecule is CC1CCNC(c2cccc(Cl)c2Cl)C1. The van der Waals surface area contributed by atoms with Gasteiger partial charge in [0.25, 0.3) is 0 Å². The molecule has 82 valence electrons. The van der Waals surface area contributed by atoms with Crippen molar-refractivity contribution >= 4 is 23.2 Å². The maximum atomic E-state index is 6.20. The molecule has 2 rings (SSSR count). The van der Waals surface area contributed by atoms with Gasteiger partial charge in [0.05, 0.1) is 10.0 Å². The van der Waals surface area contributed by atoms with Crippen LogP contribution in [0.15, 0.2) is 18.2 Å². The molecule has 0 amide bonds. The third kappa shape index (κ3) is 2.47. The van der Waals surface area contributed by atoms with Crippen molar-refractivity contribution in [1.82, 2.24) is 5.32 Å². The Bertz CT molecular complexity index is 351. The molecule has 1 aliphatic rings. The third-order valence-corrected chi connectivity index (χ3v) is 3.86. The minimum atomic E-state index is 0.361. The second-order valence-electron chi connectivity index (χ2n) is 4.28. The zero-order valence-corrected chi connectivity index (χ0v) is 10.3. The fourth-order valence-corrected chi connectivity index (χ4v) is 2.57. The highest BCUT2D eigenvalue weighted by molar-refractivity contribution is 6.42. The molecule has 1 saturated heterocycles. The molecule has 1 aromatic rings. The molecule has 1 aliphatic heterocycles. The molecule has 0 spiro atoms. The standard InChI is InChI=1S/C12H15Cl2N/c1-8-5-6-15-11(7-8)9-3-2-4-10(13)12(9)14/h2-4,8,11,15H,5-7H2,1H3. The molecule has 0 saturated carbocycles. The molecule has 1 aromatic carbocycles. The highest BCUT2D eigenvalue weighted by Crippen LogP contribution is 2.34. The van der Waals surface area contributed by atoms with Crippen LogP contribution in [0.1, 0.15) is 31.4 Å². The summed E-state index contributed by atoms with van der Waals surface area (Å²) < 4.78 is 0. The van der Waals surface area contributed by atoms with Crippen LogP contribution in [0.4, 0.5) is 0 Å². The minimum Gasteiger partial charge on any atom is -0.310 e. The molecule has 1 N–H and O–H groups in total. The van der Waals surface area contributed by atoms with Gasteiger partial charge < -0.3 is 5.32 Å². The summed E-state index contributed by atoms with van der Waals surface area (Å²) >= 11 is 12.2. The average Bonchev–Trinajstić information content (AvgIpc) is 2.22. The predicted molar refractivity (Wildman–Crippen MR) is 65.6 cm³/mol. The number of rotatable bonds is 1. The van der Waals surface area contributed by atoms with Crippen LogP contribution < -0.4 is 5.32 Å². The van der Waals surface area contributed by atoms with Crippen LogP contribution in [0, 0.1) is 5.92 Å². The molecule has 0 radical (unpaired) electrons. The second-order valence-corrected chi connectivity index (χ2v) is 5.06. The smallest absolute Gasteiger partial charge is 0.0640 e. The summed E-state index contributed by atoms with van der Waals surface area (Å²) in [4.78, 5) is 0. The van der Waals surface area contributed by atoms with E-state index in [4.69, 9.17) is 23.2 Å². The van der Waals surface area contributed by atoms with E-state index >= 15 is 0 Å². The molecular weight excluding hydrogens is 229 g/mol. The Morgan fingerprint density at radius 2 is 2.13 bits per heavy atom. The van der Waals surface area contributed by atoms with Crippen LogP contribution in [0.5, 0.6) is 0 Å². The van der Waals surface area contributed by atoms with Gasteiger partial charge in [-0.15, -0.1) is 0 Å². The van der Waals surface area contributed by atoms with E-state index in [0.717, 1.165) is 24.4 Å². The molecule has 15 heavy (non-hydrogen) atoms. The van der Waals surface area contributed by atoms with E-state index in [1.54, 1.807) is 0 Å². The predicted octanol–water partition coefficient (Wildman–Crippen LogP) is 4.05. The van der Waals surface area contributed by atoms with Crippen LogP contribution >= 0.6 is 23.2 Å². The first-order valence-electron chi connectivity index (χ1n) is 5.35. The molecule has 1 heterocycles. The van der Waals surface area contributed by atoms with E-state index in [-0.39, 0.29) is 0 Å². The van der Waals surface area contributed by atoms with Crippen LogP contribution in [0.25, 0.3) is 0 Å². The van der Waals surface area contributed by atoms with Crippen molar-refractivity contribution in [2.45, 2.75) is 25.8 Å². The van der Waals surface area contributed by atoms with E-state index < -0.39 is 0 Å². The summed E-state index contributed by atoms with van der Waals surface area (Å²) in [6.07, 6.45) is 2.38. The lowest BCUT2D eigenvalue weighted by atomic mass is 9.90. The van der Waals surface area contributed by atoms with E-state index in [1.807, 2.05) is 12.1 Å². The molecule has 0 aliphatic carbocycles. The van der Waals surface area contributed by atoms with Crippen molar-refractivity contribution in [1.29, 1.82) is 0 Å². The Kier molecular flexibility index (Phi) is 3.55. The topological polar surface area (TPSA) is 12.0 Å². The van der Waals surface area contributed by atoms with Crippen LogP contribution in [0.3, 0.4) is 0 Å². The summed E-state index contributed by atoms with van der Waals surface area (Å²) in [5, 5.41) is 4.84. The lowest BCUT2D eigenvalue weighted by Crippen LogP contribution is -2.30. The summed E-state index contributed by atoms with van der Waals surface area (Å²) in [6, 6.07) is 6.22. The van der Waals surface area contributed by atoms with Gasteiger partial charge in [0.1, 0.15) is 0 Å². The Hall–Kier alpha value is -0.240. The highest BCUT2D eigenvalue weighted by atomic mass is 35.5. The van der Waals surface area contributed by atoms with Gasteiger partial charge in [-0.05, 0) is 36.9 Å². The number of benzene rings is 1. The van der Waals surface area contributed by atoms with Crippen molar-refractivity contribution in [3.63, 3.8) is 0 Å². The van der Waals surface area contributed by atoms with Crippen LogP contribution in [-0.4, -0.2) is 6.54 Å². The van der Waals surface area contributed by atoms with Gasteiger partial charge >= 0.3 is 0 Å². The van der Waals surface area contributed by atoms with Crippen LogP contribution in [0.2, 0.25) is 10.0 Å². The summed E-state index contributed by atoms with van der Waals surface area (Å²) in [7, 11) is 0. The van der Waals surface area contributed by atoms with Gasteiger partial charge in [-0.25, -0.2) is 0 Å². The van der Waals surface area contributed by atoms with Crippen molar-refractivity contribution in [3.05, 3.63) is 33.8 Å². The van der Waals surface area contributed by atoms with E-state index in [9.17, 15) is 0 Å². The highest BCUT2D eigenvalue weighted by Gasteiger charge is 2.22. The van der Waals surface area contributed by atoms with Gasteiger partial charge in [0.15, 0.2) is 0 Å². The fraction of sp³-hybridized carbons (Fsp3) is 0.500. The third-order valence-electron chi connectivity index (χ3n) is 3.02. The van der Waals surface area contributed by atoms with Crippen LogP contribution in [-0.2, 0) is 0 Å². The first kappa shape index (κ1) is 11.3. The average molecular weight is 244 g/mol. The van der Waals surface area contributed by atoms with Gasteiger partial charge in [0.2, 0.25) is 0 Å². The van der Waals surface area contributed by atoms with Crippen molar-refractivity contribution in [3.8, 4) is 0 Å². The van der Waals surface area contributed by atoms with Crippen molar-refractivity contribution in [2.75, 3.05) is 6.54 Å². The molecule has 0 bridgehead atoms. The normalized spacial score (nSPS) is 26.6. The molecule has 0 aromatic heterocycles. The maximum Gasteiger partial charge on any atom is 0.0640 e. The zero-order chi connectivity index (χ0) is 10.8. The van der Waals surface area contributed by atoms with Crippen molar-refractivity contribution < 1.29 is 0 Å². The quantitative estimate of drug-likeness (QED) is 0.785. The maximum absolute atomic E-state index is 6.20. The van der Waals surface area contributed by atoms with Gasteiger partial charge in [0, 0.05) is 6.04 Å². The monoisotopic (exact) mass is 243 g/mol. The van der Waals surface area contributed by atoms with E-state index in [0.29, 0.717) is 16.1 Å². The molecule has 2 atom stereocenters. The summed E-state index contributed by atoms with van der Waals surface area (Å²) in [5.41, 5.74) is 1.13. The van der Waals surface area contributed by atoms with E-state index in [2.05, 4.69) is 18.3 Å². The lowest BCUT2D eigenvalue weighted by molar-refractivity contribution is 0.325. The molecule has 3 heteroatoms. The number of halogens is 2. The number of nitrogens with one attached hydrogen (secondary N) is 1. The lowest BCUT2D eigenvalue weighted by Gasteiger charge is -2.29. The molecular formula is C12H15Cl2N. The Labute approximate surface area is 101 Å². The zero-order valence-electron chi connectivity index (χ0n) is 8.76. The van der Waals surface area contributed by atoms with Gasteiger partial charge in [-0.2, -0.15) is 0 Å². The summed E-state index contributed by atoms with van der Waals surface area (Å²) in [6.45, 7) is 3.35. The van der Waals surface area contributed by atoms with Crippen molar-refractivity contribution in [2.24, 2.45) is 5.92 Å². The Morgan fingerprint density at radius 1 is 1.33 bits per heavy atom. The number of hydrogen-bond donors (Lipinski definition) is 1. The fourth-order valence-electron chi connectivity index (χ4n) is 2.13. The first-order chi connectivity index (χ1) is 7.18.